The van der Waals surface area contributed by atoms with Crippen LogP contribution in [0.25, 0.3) is 6.08 Å². The molecule has 2 heterocycles. The molecule has 6 heteroatoms. The quantitative estimate of drug-likeness (QED) is 0.480. The fraction of sp³-hybridized carbons (Fsp3) is 0. The van der Waals surface area contributed by atoms with Gasteiger partial charge in [0.25, 0.3) is 5.91 Å². The molecule has 2 aliphatic rings. The van der Waals surface area contributed by atoms with Gasteiger partial charge in [0, 0.05) is 17.1 Å². The molecule has 0 aromatic heterocycles. The third kappa shape index (κ3) is 2.50. The van der Waals surface area contributed by atoms with E-state index in [0.29, 0.717) is 22.8 Å². The summed E-state index contributed by atoms with van der Waals surface area (Å²) in [6.07, 6.45) is 3.85. The maximum absolute atomic E-state index is 12.2. The second kappa shape index (κ2) is 5.58. The number of carbonyl (C=O) groups is 1. The van der Waals surface area contributed by atoms with Crippen LogP contribution in [0.1, 0.15) is 5.56 Å². The highest BCUT2D eigenvalue weighted by atomic mass is 16.2. The van der Waals surface area contributed by atoms with Crippen molar-refractivity contribution in [1.29, 1.82) is 0 Å². The zero-order valence-corrected chi connectivity index (χ0v) is 12.7. The number of hydrogen-bond donors (Lipinski definition) is 4. The van der Waals surface area contributed by atoms with Crippen molar-refractivity contribution in [2.45, 2.75) is 0 Å². The van der Waals surface area contributed by atoms with Gasteiger partial charge in [0.2, 0.25) is 0 Å². The number of allylic oxidation sites excluding steroid dienone is 1. The fourth-order valence-electron chi connectivity index (χ4n) is 2.63. The number of nitrogen functional groups attached to an aromatic ring is 1. The summed E-state index contributed by atoms with van der Waals surface area (Å²) in [6, 6.07) is 15.1. The first-order valence-corrected chi connectivity index (χ1v) is 7.50. The van der Waals surface area contributed by atoms with Gasteiger partial charge in [0.15, 0.2) is 5.84 Å². The first-order valence-electron chi connectivity index (χ1n) is 7.50. The molecule has 1 amide bonds. The van der Waals surface area contributed by atoms with Crippen LogP contribution in [-0.4, -0.2) is 11.7 Å². The molecule has 24 heavy (non-hydrogen) atoms. The van der Waals surface area contributed by atoms with E-state index in [4.69, 9.17) is 5.73 Å². The van der Waals surface area contributed by atoms with Gasteiger partial charge in [-0.15, -0.1) is 0 Å². The summed E-state index contributed by atoms with van der Waals surface area (Å²) in [5, 5.41) is 10.5. The van der Waals surface area contributed by atoms with E-state index in [0.717, 1.165) is 16.9 Å². The minimum atomic E-state index is -0.250. The second-order valence-electron chi connectivity index (χ2n) is 5.48. The van der Waals surface area contributed by atoms with Crippen LogP contribution in [0, 0.1) is 0 Å². The maximum atomic E-state index is 12.2. The molecule has 0 saturated heterocycles. The van der Waals surface area contributed by atoms with Crippen molar-refractivity contribution in [2.24, 2.45) is 5.10 Å². The molecule has 2 aromatic carbocycles. The standard InChI is InChI=1S/C18H15N5O/c19-12-6-8-13(9-7-12)20-17-16(18(24)23-22-17)15-10-5-11-3-1-2-4-14(11)21-15/h1-10,21H,19H2,(H,20,22)(H,23,24)/b16-15-. The van der Waals surface area contributed by atoms with Crippen molar-refractivity contribution in [3.63, 3.8) is 0 Å². The average molecular weight is 317 g/mol. The summed E-state index contributed by atoms with van der Waals surface area (Å²) < 4.78 is 0. The van der Waals surface area contributed by atoms with Crippen LogP contribution in [0.4, 0.5) is 17.1 Å². The first kappa shape index (κ1) is 14.1. The summed E-state index contributed by atoms with van der Waals surface area (Å²) in [4.78, 5) is 12.2. The fourth-order valence-corrected chi connectivity index (χ4v) is 2.63. The molecule has 0 atom stereocenters. The molecule has 2 aromatic rings. The molecule has 5 N–H and O–H groups in total. The number of hydrogen-bond acceptors (Lipinski definition) is 5. The van der Waals surface area contributed by atoms with Crippen LogP contribution in [-0.2, 0) is 4.79 Å². The molecule has 4 rings (SSSR count). The number of benzene rings is 2. The molecule has 0 radical (unpaired) electrons. The Bertz CT molecular complexity index is 909. The predicted octanol–water partition coefficient (Wildman–Crippen LogP) is 2.52. The van der Waals surface area contributed by atoms with Gasteiger partial charge < -0.3 is 16.4 Å². The summed E-state index contributed by atoms with van der Waals surface area (Å²) in [5.41, 5.74) is 12.9. The predicted molar refractivity (Wildman–Crippen MR) is 96.2 cm³/mol. The minimum Gasteiger partial charge on any atom is -0.399 e. The van der Waals surface area contributed by atoms with Crippen molar-refractivity contribution in [3.05, 3.63) is 71.4 Å². The van der Waals surface area contributed by atoms with E-state index in [-0.39, 0.29) is 5.91 Å². The Labute approximate surface area is 138 Å². The molecular formula is C18H15N5O. The van der Waals surface area contributed by atoms with Gasteiger partial charge in [-0.2, -0.15) is 5.10 Å². The van der Waals surface area contributed by atoms with Gasteiger partial charge in [-0.1, -0.05) is 24.3 Å². The van der Waals surface area contributed by atoms with E-state index < -0.39 is 0 Å². The molecular weight excluding hydrogens is 302 g/mol. The number of para-hydroxylation sites is 1. The van der Waals surface area contributed by atoms with Gasteiger partial charge in [0.1, 0.15) is 5.57 Å². The zero-order chi connectivity index (χ0) is 16.5. The highest BCUT2D eigenvalue weighted by Crippen LogP contribution is 2.27. The highest BCUT2D eigenvalue weighted by molar-refractivity contribution is 6.29. The summed E-state index contributed by atoms with van der Waals surface area (Å²) in [5.74, 6) is 0.218. The number of carbonyl (C=O) groups excluding carboxylic acids is 1. The Morgan fingerprint density at radius 1 is 1.00 bits per heavy atom. The Morgan fingerprint density at radius 3 is 2.62 bits per heavy atom. The minimum absolute atomic E-state index is 0.250. The van der Waals surface area contributed by atoms with E-state index in [9.17, 15) is 4.79 Å². The number of fused-ring (bicyclic) bond motifs is 1. The van der Waals surface area contributed by atoms with Crippen molar-refractivity contribution in [3.8, 4) is 0 Å². The van der Waals surface area contributed by atoms with Gasteiger partial charge in [-0.3, -0.25) is 4.79 Å². The van der Waals surface area contributed by atoms with Crippen molar-refractivity contribution in [1.82, 2.24) is 5.43 Å². The number of amidine groups is 1. The third-order valence-electron chi connectivity index (χ3n) is 3.84. The molecule has 2 aliphatic heterocycles. The molecule has 0 spiro atoms. The molecule has 0 bridgehead atoms. The average Bonchev–Trinajstić information content (AvgIpc) is 2.97. The lowest BCUT2D eigenvalue weighted by Gasteiger charge is -2.17. The van der Waals surface area contributed by atoms with Crippen molar-refractivity contribution in [2.75, 3.05) is 16.4 Å². The smallest absolute Gasteiger partial charge is 0.277 e. The van der Waals surface area contributed by atoms with Gasteiger partial charge >= 0.3 is 0 Å². The number of nitrogens with one attached hydrogen (secondary N) is 3. The van der Waals surface area contributed by atoms with Crippen LogP contribution < -0.4 is 21.8 Å². The van der Waals surface area contributed by atoms with Gasteiger partial charge in [0.05, 0.1) is 5.70 Å². The molecule has 0 aliphatic carbocycles. The molecule has 118 valence electrons. The number of nitrogens with two attached hydrogens (primary N) is 1. The van der Waals surface area contributed by atoms with Crippen LogP contribution in [0.2, 0.25) is 0 Å². The topological polar surface area (TPSA) is 91.5 Å². The van der Waals surface area contributed by atoms with E-state index in [1.54, 1.807) is 12.1 Å². The summed E-state index contributed by atoms with van der Waals surface area (Å²) >= 11 is 0. The Hall–Kier alpha value is -3.54. The SMILES string of the molecule is Nc1ccc(NC2=NNC(=O)/C2=C2/C=Cc3ccccc3N2)cc1. The van der Waals surface area contributed by atoms with E-state index in [1.165, 1.54) is 0 Å². The number of nitrogens with zero attached hydrogens (tertiary/aromatic N) is 1. The van der Waals surface area contributed by atoms with Crippen LogP contribution in [0.3, 0.4) is 0 Å². The lowest BCUT2D eigenvalue weighted by molar-refractivity contribution is -0.116. The Morgan fingerprint density at radius 2 is 1.79 bits per heavy atom. The molecule has 0 fully saturated rings. The van der Waals surface area contributed by atoms with Crippen molar-refractivity contribution >= 4 is 34.9 Å². The third-order valence-corrected chi connectivity index (χ3v) is 3.84. The number of amides is 1. The Balaban J connectivity index is 1.67. The van der Waals surface area contributed by atoms with Gasteiger partial charge in [-0.25, -0.2) is 5.43 Å². The van der Waals surface area contributed by atoms with E-state index in [2.05, 4.69) is 21.2 Å². The second-order valence-corrected chi connectivity index (χ2v) is 5.48. The molecule has 0 unspecified atom stereocenters. The lowest BCUT2D eigenvalue weighted by Crippen LogP contribution is -2.22. The number of anilines is 3. The lowest BCUT2D eigenvalue weighted by atomic mass is 10.0. The summed E-state index contributed by atoms with van der Waals surface area (Å²) in [7, 11) is 0. The largest absolute Gasteiger partial charge is 0.399 e. The maximum Gasteiger partial charge on any atom is 0.277 e. The van der Waals surface area contributed by atoms with Crippen molar-refractivity contribution < 1.29 is 4.79 Å². The highest BCUT2D eigenvalue weighted by Gasteiger charge is 2.27. The molecule has 6 nitrogen and oxygen atoms in total. The van der Waals surface area contributed by atoms with Crippen LogP contribution in [0.15, 0.2) is 71.0 Å². The number of rotatable bonds is 1. The first-order chi connectivity index (χ1) is 11.7. The monoisotopic (exact) mass is 317 g/mol. The normalized spacial score (nSPS) is 18.5. The summed E-state index contributed by atoms with van der Waals surface area (Å²) in [6.45, 7) is 0. The Kier molecular flexibility index (Phi) is 3.28. The van der Waals surface area contributed by atoms with E-state index in [1.807, 2.05) is 48.6 Å². The molecule has 0 saturated carbocycles. The van der Waals surface area contributed by atoms with Crippen LogP contribution in [0.5, 0.6) is 0 Å². The number of hydrazone groups is 1. The zero-order valence-electron chi connectivity index (χ0n) is 12.7. The van der Waals surface area contributed by atoms with Crippen LogP contribution >= 0.6 is 0 Å². The van der Waals surface area contributed by atoms with E-state index >= 15 is 0 Å². The van der Waals surface area contributed by atoms with Gasteiger partial charge in [-0.05, 0) is 42.0 Å².